The largest absolute Gasteiger partial charge is 0.465 e. The lowest BCUT2D eigenvalue weighted by molar-refractivity contribution is 0.0605. The van der Waals surface area contributed by atoms with Gasteiger partial charge in [-0.1, -0.05) is 53.3 Å². The molecule has 1 unspecified atom stereocenters. The number of fused-ring (bicyclic) bond motifs is 2. The molecule has 0 saturated heterocycles. The smallest absolute Gasteiger partial charge is 0.350 e. The van der Waals surface area contributed by atoms with E-state index >= 15 is 0 Å². The van der Waals surface area contributed by atoms with E-state index < -0.39 is 17.9 Å². The van der Waals surface area contributed by atoms with Crippen LogP contribution in [-0.2, 0) is 4.74 Å². The fourth-order valence-electron chi connectivity index (χ4n) is 3.95. The fraction of sp³-hybridized carbons (Fsp3) is 0.167. The molecule has 0 bridgehead atoms. The number of ether oxygens (including phenoxy) is 1. The van der Waals surface area contributed by atoms with Gasteiger partial charge in [-0.15, -0.1) is 0 Å². The molecule has 1 atom stereocenters. The van der Waals surface area contributed by atoms with E-state index in [9.17, 15) is 14.4 Å². The molecule has 3 heterocycles. The van der Waals surface area contributed by atoms with Crippen molar-refractivity contribution < 1.29 is 18.7 Å². The number of hydrogen-bond donors (Lipinski definition) is 0. The number of benzene rings is 2. The fourth-order valence-corrected chi connectivity index (χ4v) is 4.96. The van der Waals surface area contributed by atoms with Gasteiger partial charge in [0.25, 0.3) is 5.91 Å². The molecule has 0 N–H and O–H groups in total. The summed E-state index contributed by atoms with van der Waals surface area (Å²) in [6.07, 6.45) is 0. The monoisotopic (exact) mass is 446 g/mol. The lowest BCUT2D eigenvalue weighted by Gasteiger charge is -2.22. The quantitative estimate of drug-likeness (QED) is 0.433. The highest BCUT2D eigenvalue weighted by atomic mass is 32.1. The third kappa shape index (κ3) is 2.95. The second-order valence-electron chi connectivity index (χ2n) is 7.56. The maximum atomic E-state index is 13.5. The summed E-state index contributed by atoms with van der Waals surface area (Å²) in [5, 5.41) is 0.705. The van der Waals surface area contributed by atoms with E-state index in [1.807, 2.05) is 31.2 Å². The van der Waals surface area contributed by atoms with Crippen LogP contribution in [-0.4, -0.2) is 24.0 Å². The van der Waals surface area contributed by atoms with Crippen LogP contribution in [0.15, 0.2) is 57.7 Å². The highest BCUT2D eigenvalue weighted by Gasteiger charge is 2.45. The van der Waals surface area contributed by atoms with Crippen LogP contribution in [0.2, 0.25) is 0 Å². The van der Waals surface area contributed by atoms with Crippen LogP contribution in [0, 0.1) is 13.8 Å². The van der Waals surface area contributed by atoms with Gasteiger partial charge in [0, 0.05) is 0 Å². The Kier molecular flexibility index (Phi) is 4.67. The molecule has 0 spiro atoms. The molecule has 0 saturated carbocycles. The minimum absolute atomic E-state index is 0.00764. The zero-order chi connectivity index (χ0) is 22.6. The Hall–Kier alpha value is -3.78. The van der Waals surface area contributed by atoms with Crippen LogP contribution in [0.4, 0.5) is 5.13 Å². The van der Waals surface area contributed by atoms with E-state index in [4.69, 9.17) is 9.15 Å². The van der Waals surface area contributed by atoms with Crippen molar-refractivity contribution in [3.63, 3.8) is 0 Å². The topological polar surface area (TPSA) is 89.7 Å². The number of aromatic nitrogens is 1. The molecule has 1 amide bonds. The van der Waals surface area contributed by atoms with E-state index in [1.165, 1.54) is 12.0 Å². The molecule has 0 fully saturated rings. The second kappa shape index (κ2) is 7.42. The van der Waals surface area contributed by atoms with Gasteiger partial charge in [0.05, 0.1) is 29.8 Å². The molecule has 2 aromatic heterocycles. The molecular formula is C24H18N2O5S. The highest BCUT2D eigenvalue weighted by molar-refractivity contribution is 7.17. The van der Waals surface area contributed by atoms with Crippen molar-refractivity contribution in [1.29, 1.82) is 0 Å². The molecule has 32 heavy (non-hydrogen) atoms. The van der Waals surface area contributed by atoms with Crippen molar-refractivity contribution in [2.24, 2.45) is 0 Å². The number of amides is 1. The first kappa shape index (κ1) is 20.1. The number of aryl methyl sites for hydroxylation is 2. The summed E-state index contributed by atoms with van der Waals surface area (Å²) < 4.78 is 10.8. The van der Waals surface area contributed by atoms with E-state index in [0.717, 1.165) is 22.5 Å². The molecule has 7 nitrogen and oxygen atoms in total. The lowest BCUT2D eigenvalue weighted by Crippen LogP contribution is -2.29. The molecule has 1 aliphatic rings. The first-order valence-electron chi connectivity index (χ1n) is 9.92. The summed E-state index contributed by atoms with van der Waals surface area (Å²) in [4.78, 5) is 45.4. The SMILES string of the molecule is COC(=O)c1sc(N2C(=O)c3oc4ccccc4c(=O)c3C2c2ccc(C)cc2)nc1C. The van der Waals surface area contributed by atoms with Crippen molar-refractivity contribution in [2.45, 2.75) is 19.9 Å². The van der Waals surface area contributed by atoms with Crippen LogP contribution in [0.3, 0.4) is 0 Å². The predicted octanol–water partition coefficient (Wildman–Crippen LogP) is 4.40. The Labute approximate surface area is 186 Å². The van der Waals surface area contributed by atoms with Gasteiger partial charge in [0.1, 0.15) is 10.5 Å². The average molecular weight is 446 g/mol. The van der Waals surface area contributed by atoms with Gasteiger partial charge in [-0.3, -0.25) is 14.5 Å². The van der Waals surface area contributed by atoms with E-state index in [0.29, 0.717) is 26.7 Å². The van der Waals surface area contributed by atoms with Gasteiger partial charge < -0.3 is 9.15 Å². The number of thiazole rings is 1. The number of nitrogens with zero attached hydrogens (tertiary/aromatic N) is 2. The first-order valence-corrected chi connectivity index (χ1v) is 10.7. The number of hydrogen-bond acceptors (Lipinski definition) is 7. The highest BCUT2D eigenvalue weighted by Crippen LogP contribution is 2.43. The predicted molar refractivity (Wildman–Crippen MR) is 121 cm³/mol. The average Bonchev–Trinajstić information content (AvgIpc) is 3.31. The maximum Gasteiger partial charge on any atom is 0.350 e. The number of para-hydroxylation sites is 1. The van der Waals surface area contributed by atoms with Gasteiger partial charge in [0.2, 0.25) is 5.76 Å². The zero-order valence-electron chi connectivity index (χ0n) is 17.5. The van der Waals surface area contributed by atoms with Crippen LogP contribution >= 0.6 is 11.3 Å². The maximum absolute atomic E-state index is 13.5. The van der Waals surface area contributed by atoms with Gasteiger partial charge in [0.15, 0.2) is 10.6 Å². The molecule has 4 aromatic rings. The summed E-state index contributed by atoms with van der Waals surface area (Å²) in [5.74, 6) is -1.01. The van der Waals surface area contributed by atoms with Crippen molar-refractivity contribution in [1.82, 2.24) is 4.98 Å². The van der Waals surface area contributed by atoms with Crippen LogP contribution in [0.25, 0.3) is 11.0 Å². The van der Waals surface area contributed by atoms with E-state index in [1.54, 1.807) is 31.2 Å². The van der Waals surface area contributed by atoms with Crippen LogP contribution in [0.1, 0.15) is 48.7 Å². The molecule has 1 aliphatic heterocycles. The molecular weight excluding hydrogens is 428 g/mol. The Morgan fingerprint density at radius 1 is 1.09 bits per heavy atom. The van der Waals surface area contributed by atoms with E-state index in [2.05, 4.69) is 4.98 Å². The van der Waals surface area contributed by atoms with Crippen molar-refractivity contribution in [3.8, 4) is 0 Å². The van der Waals surface area contributed by atoms with Crippen molar-refractivity contribution in [3.05, 3.63) is 91.8 Å². The Morgan fingerprint density at radius 2 is 1.81 bits per heavy atom. The molecule has 5 rings (SSSR count). The number of rotatable bonds is 3. The Bertz CT molecular complexity index is 1450. The zero-order valence-corrected chi connectivity index (χ0v) is 18.4. The Morgan fingerprint density at radius 3 is 2.53 bits per heavy atom. The standard InChI is InChI=1S/C24H18N2O5S/c1-12-8-10-14(11-9-12)18-17-19(27)15-6-4-5-7-16(15)31-20(17)22(28)26(18)24-25-13(2)21(32-24)23(29)30-3/h4-11,18H,1-3H3. The summed E-state index contributed by atoms with van der Waals surface area (Å²) in [5.41, 5.74) is 2.60. The molecule has 2 aromatic carbocycles. The third-order valence-corrected chi connectivity index (χ3v) is 6.67. The van der Waals surface area contributed by atoms with Gasteiger partial charge in [-0.05, 0) is 31.5 Å². The number of anilines is 1. The molecule has 0 radical (unpaired) electrons. The van der Waals surface area contributed by atoms with Crippen LogP contribution in [0.5, 0.6) is 0 Å². The van der Waals surface area contributed by atoms with E-state index in [-0.39, 0.29) is 16.8 Å². The summed E-state index contributed by atoms with van der Waals surface area (Å²) in [6.45, 7) is 3.64. The Balaban J connectivity index is 1.78. The molecule has 0 aliphatic carbocycles. The summed E-state index contributed by atoms with van der Waals surface area (Å²) in [6, 6.07) is 13.7. The molecule has 8 heteroatoms. The normalized spacial score (nSPS) is 15.3. The number of methoxy groups -OCH3 is 1. The number of esters is 1. The third-order valence-electron chi connectivity index (χ3n) is 5.53. The summed E-state index contributed by atoms with van der Waals surface area (Å²) >= 11 is 1.05. The van der Waals surface area contributed by atoms with Gasteiger partial charge >= 0.3 is 5.97 Å². The number of carbonyl (C=O) groups is 2. The number of carbonyl (C=O) groups excluding carboxylic acids is 2. The summed E-state index contributed by atoms with van der Waals surface area (Å²) in [7, 11) is 1.29. The van der Waals surface area contributed by atoms with Gasteiger partial charge in [-0.25, -0.2) is 9.78 Å². The van der Waals surface area contributed by atoms with Gasteiger partial charge in [-0.2, -0.15) is 0 Å². The second-order valence-corrected chi connectivity index (χ2v) is 8.54. The van der Waals surface area contributed by atoms with Crippen molar-refractivity contribution in [2.75, 3.05) is 12.0 Å². The first-order chi connectivity index (χ1) is 15.4. The minimum Gasteiger partial charge on any atom is -0.465 e. The molecule has 160 valence electrons. The van der Waals surface area contributed by atoms with Crippen molar-refractivity contribution >= 4 is 39.3 Å². The minimum atomic E-state index is -0.727. The van der Waals surface area contributed by atoms with Crippen LogP contribution < -0.4 is 10.3 Å². The lowest BCUT2D eigenvalue weighted by atomic mass is 9.98.